The molecule has 0 saturated heterocycles. The average molecular weight is 230 g/mol. The topological polar surface area (TPSA) is 58.6 Å². The van der Waals surface area contributed by atoms with E-state index in [1.807, 2.05) is 20.8 Å². The molecule has 0 radical (unpaired) electrons. The number of ether oxygens (including phenoxy) is 1. The summed E-state index contributed by atoms with van der Waals surface area (Å²) in [4.78, 5) is 24.0. The SMILES string of the molecule is COC(=O)CCCN(C)C(=O)NC(C)(C)C. The number of hydrogen-bond donors (Lipinski definition) is 1. The van der Waals surface area contributed by atoms with E-state index < -0.39 is 0 Å². The number of urea groups is 1. The average Bonchev–Trinajstić information content (AvgIpc) is 2.14. The van der Waals surface area contributed by atoms with Crippen molar-refractivity contribution in [1.29, 1.82) is 0 Å². The second kappa shape index (κ2) is 6.35. The number of rotatable bonds is 4. The predicted octanol–water partition coefficient (Wildman–Crippen LogP) is 1.38. The third kappa shape index (κ3) is 7.09. The zero-order valence-electron chi connectivity index (χ0n) is 10.8. The Kier molecular flexibility index (Phi) is 5.85. The van der Waals surface area contributed by atoms with E-state index in [1.54, 1.807) is 11.9 Å². The number of carbonyl (C=O) groups excluding carboxylic acids is 2. The molecule has 0 spiro atoms. The molecule has 0 rings (SSSR count). The highest BCUT2D eigenvalue weighted by Crippen LogP contribution is 2.01. The lowest BCUT2D eigenvalue weighted by molar-refractivity contribution is -0.140. The number of nitrogens with one attached hydrogen (secondary N) is 1. The molecule has 5 heteroatoms. The normalized spacial score (nSPS) is 10.8. The van der Waals surface area contributed by atoms with E-state index >= 15 is 0 Å². The smallest absolute Gasteiger partial charge is 0.317 e. The third-order valence-corrected chi connectivity index (χ3v) is 1.93. The van der Waals surface area contributed by atoms with Crippen LogP contribution in [0, 0.1) is 0 Å². The molecule has 5 nitrogen and oxygen atoms in total. The number of methoxy groups -OCH3 is 1. The first-order valence-electron chi connectivity index (χ1n) is 5.36. The lowest BCUT2D eigenvalue weighted by Gasteiger charge is -2.25. The fraction of sp³-hybridized carbons (Fsp3) is 0.818. The van der Waals surface area contributed by atoms with Crippen molar-refractivity contribution in [3.05, 3.63) is 0 Å². The summed E-state index contributed by atoms with van der Waals surface area (Å²) < 4.78 is 4.52. The van der Waals surface area contributed by atoms with Crippen LogP contribution in [-0.4, -0.2) is 43.1 Å². The molecular formula is C11H22N2O3. The maximum absolute atomic E-state index is 11.6. The third-order valence-electron chi connectivity index (χ3n) is 1.93. The minimum Gasteiger partial charge on any atom is -0.469 e. The Morgan fingerprint density at radius 3 is 2.31 bits per heavy atom. The van der Waals surface area contributed by atoms with E-state index in [4.69, 9.17) is 0 Å². The number of carbonyl (C=O) groups is 2. The summed E-state index contributed by atoms with van der Waals surface area (Å²) in [5, 5.41) is 2.84. The number of amides is 2. The summed E-state index contributed by atoms with van der Waals surface area (Å²) in [6.07, 6.45) is 0.949. The summed E-state index contributed by atoms with van der Waals surface area (Å²) in [5.41, 5.74) is -0.242. The molecule has 0 aromatic heterocycles. The van der Waals surface area contributed by atoms with Crippen molar-refractivity contribution in [2.75, 3.05) is 20.7 Å². The molecule has 0 fully saturated rings. The Bertz CT molecular complexity index is 246. The highest BCUT2D eigenvalue weighted by atomic mass is 16.5. The standard InChI is InChI=1S/C11H22N2O3/c1-11(2,3)12-10(15)13(4)8-6-7-9(14)16-5/h6-8H2,1-5H3,(H,12,15). The van der Waals surface area contributed by atoms with Gasteiger partial charge in [-0.25, -0.2) is 4.79 Å². The molecule has 0 aliphatic carbocycles. The van der Waals surface area contributed by atoms with Gasteiger partial charge in [0.05, 0.1) is 7.11 Å². The maximum Gasteiger partial charge on any atom is 0.317 e. The van der Waals surface area contributed by atoms with Crippen LogP contribution in [0.5, 0.6) is 0 Å². The van der Waals surface area contributed by atoms with E-state index in [-0.39, 0.29) is 17.5 Å². The zero-order chi connectivity index (χ0) is 12.8. The molecule has 1 N–H and O–H groups in total. The number of hydrogen-bond acceptors (Lipinski definition) is 3. The lowest BCUT2D eigenvalue weighted by atomic mass is 10.1. The van der Waals surface area contributed by atoms with Gasteiger partial charge in [-0.05, 0) is 27.2 Å². The molecule has 0 atom stereocenters. The van der Waals surface area contributed by atoms with Crippen molar-refractivity contribution < 1.29 is 14.3 Å². The van der Waals surface area contributed by atoms with Crippen LogP contribution >= 0.6 is 0 Å². The van der Waals surface area contributed by atoms with Crippen LogP contribution in [0.2, 0.25) is 0 Å². The molecular weight excluding hydrogens is 208 g/mol. The number of esters is 1. The summed E-state index contributed by atoms with van der Waals surface area (Å²) >= 11 is 0. The van der Waals surface area contributed by atoms with Gasteiger partial charge in [0.2, 0.25) is 0 Å². The van der Waals surface area contributed by atoms with Crippen molar-refractivity contribution in [3.8, 4) is 0 Å². The van der Waals surface area contributed by atoms with E-state index in [9.17, 15) is 9.59 Å². The van der Waals surface area contributed by atoms with Gasteiger partial charge in [-0.3, -0.25) is 4.79 Å². The molecule has 2 amide bonds. The lowest BCUT2D eigenvalue weighted by Crippen LogP contribution is -2.47. The Morgan fingerprint density at radius 2 is 1.88 bits per heavy atom. The monoisotopic (exact) mass is 230 g/mol. The molecule has 0 aromatic carbocycles. The highest BCUT2D eigenvalue weighted by Gasteiger charge is 2.16. The van der Waals surface area contributed by atoms with E-state index in [0.717, 1.165) is 0 Å². The minimum absolute atomic E-state index is 0.127. The van der Waals surface area contributed by atoms with Gasteiger partial charge in [-0.1, -0.05) is 0 Å². The summed E-state index contributed by atoms with van der Waals surface area (Å²) in [6, 6.07) is -0.127. The molecule has 0 heterocycles. The predicted molar refractivity (Wildman–Crippen MR) is 62.2 cm³/mol. The van der Waals surface area contributed by atoms with Crippen LogP contribution in [0.4, 0.5) is 4.79 Å². The molecule has 94 valence electrons. The molecule has 0 aliphatic rings. The van der Waals surface area contributed by atoms with Crippen LogP contribution in [0.1, 0.15) is 33.6 Å². The largest absolute Gasteiger partial charge is 0.469 e. The van der Waals surface area contributed by atoms with Crippen LogP contribution in [0.3, 0.4) is 0 Å². The Hall–Kier alpha value is -1.26. The quantitative estimate of drug-likeness (QED) is 0.742. The van der Waals surface area contributed by atoms with Crippen LogP contribution in [-0.2, 0) is 9.53 Å². The highest BCUT2D eigenvalue weighted by molar-refractivity contribution is 5.74. The molecule has 0 aliphatic heterocycles. The Labute approximate surface area is 97.1 Å². The first-order chi connectivity index (χ1) is 7.26. The molecule has 0 unspecified atom stereocenters. The maximum atomic E-state index is 11.6. The fourth-order valence-corrected chi connectivity index (χ4v) is 1.08. The van der Waals surface area contributed by atoms with Gasteiger partial charge >= 0.3 is 12.0 Å². The first-order valence-corrected chi connectivity index (χ1v) is 5.36. The summed E-state index contributed by atoms with van der Waals surface area (Å²) in [7, 11) is 3.07. The van der Waals surface area contributed by atoms with Gasteiger partial charge < -0.3 is 15.0 Å². The van der Waals surface area contributed by atoms with Gasteiger partial charge in [0.15, 0.2) is 0 Å². The number of nitrogens with zero attached hydrogens (tertiary/aromatic N) is 1. The second-order valence-corrected chi connectivity index (χ2v) is 4.78. The van der Waals surface area contributed by atoms with E-state index in [1.165, 1.54) is 7.11 Å². The van der Waals surface area contributed by atoms with Crippen molar-refractivity contribution in [2.45, 2.75) is 39.2 Å². The second-order valence-electron chi connectivity index (χ2n) is 4.78. The summed E-state index contributed by atoms with van der Waals surface area (Å²) in [5.74, 6) is -0.246. The van der Waals surface area contributed by atoms with Gasteiger partial charge in [0, 0.05) is 25.6 Å². The zero-order valence-corrected chi connectivity index (χ0v) is 10.8. The van der Waals surface area contributed by atoms with Crippen molar-refractivity contribution in [2.24, 2.45) is 0 Å². The molecule has 0 bridgehead atoms. The Balaban J connectivity index is 3.84. The molecule has 0 saturated carbocycles. The van der Waals surface area contributed by atoms with Crippen molar-refractivity contribution in [1.82, 2.24) is 10.2 Å². The minimum atomic E-state index is -0.246. The fourth-order valence-electron chi connectivity index (χ4n) is 1.08. The van der Waals surface area contributed by atoms with E-state index in [2.05, 4.69) is 10.1 Å². The summed E-state index contributed by atoms with van der Waals surface area (Å²) in [6.45, 7) is 6.31. The van der Waals surface area contributed by atoms with Crippen molar-refractivity contribution in [3.63, 3.8) is 0 Å². The van der Waals surface area contributed by atoms with Gasteiger partial charge in [-0.2, -0.15) is 0 Å². The molecule has 16 heavy (non-hydrogen) atoms. The Morgan fingerprint density at radius 1 is 1.31 bits per heavy atom. The van der Waals surface area contributed by atoms with Crippen LogP contribution in [0.15, 0.2) is 0 Å². The van der Waals surface area contributed by atoms with Crippen LogP contribution in [0.25, 0.3) is 0 Å². The first kappa shape index (κ1) is 14.7. The van der Waals surface area contributed by atoms with Crippen molar-refractivity contribution >= 4 is 12.0 Å². The van der Waals surface area contributed by atoms with Gasteiger partial charge in [0.1, 0.15) is 0 Å². The van der Waals surface area contributed by atoms with Gasteiger partial charge in [0.25, 0.3) is 0 Å². The van der Waals surface area contributed by atoms with Gasteiger partial charge in [-0.15, -0.1) is 0 Å². The van der Waals surface area contributed by atoms with Crippen LogP contribution < -0.4 is 5.32 Å². The molecule has 0 aromatic rings. The van der Waals surface area contributed by atoms with E-state index in [0.29, 0.717) is 19.4 Å².